The first-order valence-electron chi connectivity index (χ1n) is 4.87. The molecule has 0 aliphatic carbocycles. The third-order valence-electron chi connectivity index (χ3n) is 1.50. The van der Waals surface area contributed by atoms with Crippen LogP contribution in [-0.4, -0.2) is 45.4 Å². The van der Waals surface area contributed by atoms with Gasteiger partial charge in [-0.15, -0.1) is 6.42 Å². The molecule has 0 saturated carbocycles. The van der Waals surface area contributed by atoms with Crippen LogP contribution in [0, 0.1) is 12.3 Å². The van der Waals surface area contributed by atoms with Crippen molar-refractivity contribution in [1.29, 1.82) is 0 Å². The Balaban J connectivity index is 3.05. The third kappa shape index (κ3) is 10.8. The molecule has 1 amide bonds. The molecule has 0 bridgehead atoms. The monoisotopic (exact) mass is 214 g/mol. The Morgan fingerprint density at radius 1 is 1.33 bits per heavy atom. The quantitative estimate of drug-likeness (QED) is 0.386. The molecule has 0 radical (unpaired) electrons. The van der Waals surface area contributed by atoms with E-state index in [4.69, 9.17) is 21.6 Å². The number of rotatable bonds is 9. The Hall–Kier alpha value is -1.09. The molecule has 15 heavy (non-hydrogen) atoms. The van der Waals surface area contributed by atoms with Crippen molar-refractivity contribution in [2.75, 3.05) is 39.5 Å². The normalized spacial score (nSPS) is 9.60. The summed E-state index contributed by atoms with van der Waals surface area (Å²) in [5.41, 5.74) is 5.20. The highest BCUT2D eigenvalue weighted by atomic mass is 16.5. The highest BCUT2D eigenvalue weighted by molar-refractivity contribution is 5.75. The molecule has 0 fully saturated rings. The molecule has 0 aromatic carbocycles. The maximum absolute atomic E-state index is 10.9. The van der Waals surface area contributed by atoms with Gasteiger partial charge < -0.3 is 20.5 Å². The Kier molecular flexibility index (Phi) is 10.2. The zero-order chi connectivity index (χ0) is 11.4. The van der Waals surface area contributed by atoms with Crippen LogP contribution in [0.3, 0.4) is 0 Å². The van der Waals surface area contributed by atoms with Crippen LogP contribution in [0.15, 0.2) is 0 Å². The van der Waals surface area contributed by atoms with E-state index < -0.39 is 0 Å². The average Bonchev–Trinajstić information content (AvgIpc) is 2.22. The molecular formula is C10H18N2O3. The average molecular weight is 214 g/mol. The number of ether oxygens (including phenoxy) is 2. The van der Waals surface area contributed by atoms with E-state index in [-0.39, 0.29) is 5.91 Å². The summed E-state index contributed by atoms with van der Waals surface area (Å²) in [4.78, 5) is 10.9. The molecule has 0 unspecified atom stereocenters. The SMILES string of the molecule is C#CCOCCOCCNC(=O)CCN. The maximum atomic E-state index is 10.9. The van der Waals surface area contributed by atoms with Crippen LogP contribution in [0.1, 0.15) is 6.42 Å². The summed E-state index contributed by atoms with van der Waals surface area (Å²) in [6, 6.07) is 0. The van der Waals surface area contributed by atoms with Gasteiger partial charge >= 0.3 is 0 Å². The molecule has 0 heterocycles. The van der Waals surface area contributed by atoms with Crippen molar-refractivity contribution in [1.82, 2.24) is 5.32 Å². The van der Waals surface area contributed by atoms with Crippen molar-refractivity contribution in [2.24, 2.45) is 5.73 Å². The molecule has 0 aromatic heterocycles. The van der Waals surface area contributed by atoms with Crippen molar-refractivity contribution in [2.45, 2.75) is 6.42 Å². The van der Waals surface area contributed by atoms with Crippen LogP contribution in [0.5, 0.6) is 0 Å². The van der Waals surface area contributed by atoms with E-state index >= 15 is 0 Å². The lowest BCUT2D eigenvalue weighted by molar-refractivity contribution is -0.121. The number of nitrogens with one attached hydrogen (secondary N) is 1. The van der Waals surface area contributed by atoms with Crippen LogP contribution in [0.2, 0.25) is 0 Å². The second-order valence-corrected chi connectivity index (χ2v) is 2.76. The molecule has 5 heteroatoms. The lowest BCUT2D eigenvalue weighted by Gasteiger charge is -2.05. The van der Waals surface area contributed by atoms with Gasteiger partial charge in [0.15, 0.2) is 0 Å². The topological polar surface area (TPSA) is 73.6 Å². The minimum atomic E-state index is -0.0512. The fourth-order valence-corrected chi connectivity index (χ4v) is 0.833. The highest BCUT2D eigenvalue weighted by Crippen LogP contribution is 1.78. The van der Waals surface area contributed by atoms with Gasteiger partial charge in [-0.3, -0.25) is 4.79 Å². The van der Waals surface area contributed by atoms with E-state index in [1.165, 1.54) is 0 Å². The number of carbonyl (C=O) groups is 1. The predicted octanol–water partition coefficient (Wildman–Crippen LogP) is -0.882. The van der Waals surface area contributed by atoms with Crippen LogP contribution in [0.25, 0.3) is 0 Å². The van der Waals surface area contributed by atoms with Gasteiger partial charge in [-0.25, -0.2) is 0 Å². The van der Waals surface area contributed by atoms with Gasteiger partial charge in [0, 0.05) is 19.5 Å². The second-order valence-electron chi connectivity index (χ2n) is 2.76. The lowest BCUT2D eigenvalue weighted by Crippen LogP contribution is -2.29. The summed E-state index contributed by atoms with van der Waals surface area (Å²) in [7, 11) is 0. The van der Waals surface area contributed by atoms with E-state index in [2.05, 4.69) is 11.2 Å². The van der Waals surface area contributed by atoms with Crippen LogP contribution < -0.4 is 11.1 Å². The first-order chi connectivity index (χ1) is 7.31. The Morgan fingerprint density at radius 2 is 2.07 bits per heavy atom. The fourth-order valence-electron chi connectivity index (χ4n) is 0.833. The summed E-state index contributed by atoms with van der Waals surface area (Å²) in [6.07, 6.45) is 5.33. The van der Waals surface area contributed by atoms with Gasteiger partial charge in [-0.2, -0.15) is 0 Å². The van der Waals surface area contributed by atoms with Crippen molar-refractivity contribution in [3.63, 3.8) is 0 Å². The van der Waals surface area contributed by atoms with Gasteiger partial charge in [0.1, 0.15) is 6.61 Å². The van der Waals surface area contributed by atoms with Crippen molar-refractivity contribution < 1.29 is 14.3 Å². The number of terminal acetylenes is 1. The van der Waals surface area contributed by atoms with E-state index in [0.29, 0.717) is 45.9 Å². The molecular weight excluding hydrogens is 196 g/mol. The number of hydrogen-bond donors (Lipinski definition) is 2. The number of hydrogen-bond acceptors (Lipinski definition) is 4. The molecule has 0 saturated heterocycles. The van der Waals surface area contributed by atoms with Crippen molar-refractivity contribution in [3.8, 4) is 12.3 Å². The number of amides is 1. The summed E-state index contributed by atoms with van der Waals surface area (Å²) in [5.74, 6) is 2.30. The number of carbonyl (C=O) groups excluding carboxylic acids is 1. The molecule has 3 N–H and O–H groups in total. The summed E-state index contributed by atoms with van der Waals surface area (Å²) in [6.45, 7) is 2.59. The molecule has 5 nitrogen and oxygen atoms in total. The molecule has 0 aliphatic heterocycles. The van der Waals surface area contributed by atoms with E-state index in [1.807, 2.05) is 0 Å². The Morgan fingerprint density at radius 3 is 2.73 bits per heavy atom. The molecule has 86 valence electrons. The smallest absolute Gasteiger partial charge is 0.221 e. The minimum absolute atomic E-state index is 0.0512. The summed E-state index contributed by atoms with van der Waals surface area (Å²) >= 11 is 0. The van der Waals surface area contributed by atoms with Gasteiger partial charge in [0.25, 0.3) is 0 Å². The predicted molar refractivity (Wildman–Crippen MR) is 57.2 cm³/mol. The second kappa shape index (κ2) is 11.0. The maximum Gasteiger partial charge on any atom is 0.221 e. The largest absolute Gasteiger partial charge is 0.377 e. The van der Waals surface area contributed by atoms with Crippen LogP contribution in [0.4, 0.5) is 0 Å². The summed E-state index contributed by atoms with van der Waals surface area (Å²) < 4.78 is 10.2. The lowest BCUT2D eigenvalue weighted by atomic mass is 10.4. The first-order valence-corrected chi connectivity index (χ1v) is 4.87. The zero-order valence-corrected chi connectivity index (χ0v) is 8.83. The van der Waals surface area contributed by atoms with E-state index in [1.54, 1.807) is 0 Å². The highest BCUT2D eigenvalue weighted by Gasteiger charge is 1.97. The van der Waals surface area contributed by atoms with E-state index in [9.17, 15) is 4.79 Å². The number of nitrogens with two attached hydrogens (primary N) is 1. The molecule has 0 atom stereocenters. The van der Waals surface area contributed by atoms with E-state index in [0.717, 1.165) is 0 Å². The van der Waals surface area contributed by atoms with Crippen molar-refractivity contribution in [3.05, 3.63) is 0 Å². The third-order valence-corrected chi connectivity index (χ3v) is 1.50. The van der Waals surface area contributed by atoms with Crippen LogP contribution >= 0.6 is 0 Å². The van der Waals surface area contributed by atoms with Gasteiger partial charge in [-0.05, 0) is 0 Å². The van der Waals surface area contributed by atoms with Gasteiger partial charge in [0.05, 0.1) is 19.8 Å². The minimum Gasteiger partial charge on any atom is -0.377 e. The van der Waals surface area contributed by atoms with Gasteiger partial charge in [-0.1, -0.05) is 5.92 Å². The summed E-state index contributed by atoms with van der Waals surface area (Å²) in [5, 5.41) is 2.67. The molecule has 0 rings (SSSR count). The fraction of sp³-hybridized carbons (Fsp3) is 0.700. The first kappa shape index (κ1) is 13.9. The Bertz CT molecular complexity index is 201. The standard InChI is InChI=1S/C10H18N2O3/c1-2-6-14-8-9-15-7-5-12-10(13)3-4-11/h1H,3-9,11H2,(H,12,13). The van der Waals surface area contributed by atoms with Crippen LogP contribution in [-0.2, 0) is 14.3 Å². The molecule has 0 aliphatic rings. The molecule has 0 spiro atoms. The zero-order valence-electron chi connectivity index (χ0n) is 8.83. The van der Waals surface area contributed by atoms with Gasteiger partial charge in [0.2, 0.25) is 5.91 Å². The Labute approximate surface area is 90.3 Å². The van der Waals surface area contributed by atoms with Crippen molar-refractivity contribution >= 4 is 5.91 Å². The molecule has 0 aromatic rings.